The van der Waals surface area contributed by atoms with Crippen LogP contribution in [0.3, 0.4) is 0 Å². The Kier molecular flexibility index (Phi) is 4.28. The second kappa shape index (κ2) is 4.46. The van der Waals surface area contributed by atoms with Crippen molar-refractivity contribution in [1.82, 2.24) is 0 Å². The molecule has 0 saturated heterocycles. The van der Waals surface area contributed by atoms with E-state index < -0.39 is 0 Å². The molecule has 0 radical (unpaired) electrons. The van der Waals surface area contributed by atoms with E-state index in [2.05, 4.69) is 6.07 Å². The molecule has 58 valence electrons. The summed E-state index contributed by atoms with van der Waals surface area (Å²) in [7, 11) is 0. The van der Waals surface area contributed by atoms with Gasteiger partial charge in [-0.2, -0.15) is 29.8 Å². The number of benzene rings is 1. The first-order valence-electron chi connectivity index (χ1n) is 3.19. The maximum Gasteiger partial charge on any atom is 0.135 e. The number of hydrogen-bond acceptors (Lipinski definition) is 1. The Hall–Kier alpha value is -0.422. The SMILES string of the molecule is CC(=O)c1cc[c-]c(C)c1.[W]. The number of carbonyl (C=O) groups excluding carboxylic acids is 1. The van der Waals surface area contributed by atoms with Gasteiger partial charge in [-0.05, 0) is 6.92 Å². The van der Waals surface area contributed by atoms with Crippen molar-refractivity contribution in [2.75, 3.05) is 0 Å². The van der Waals surface area contributed by atoms with Gasteiger partial charge in [0.1, 0.15) is 5.78 Å². The summed E-state index contributed by atoms with van der Waals surface area (Å²) in [4.78, 5) is 10.8. The Morgan fingerprint density at radius 2 is 2.18 bits per heavy atom. The molecular weight excluding hydrogens is 308 g/mol. The summed E-state index contributed by atoms with van der Waals surface area (Å²) in [6, 6.07) is 8.35. The number of ketones is 1. The maximum absolute atomic E-state index is 10.8. The molecule has 0 N–H and O–H groups in total. The average Bonchev–Trinajstić information content (AvgIpc) is 1.88. The molecular formula is C9H9OW-. The van der Waals surface area contributed by atoms with E-state index in [1.54, 1.807) is 19.1 Å². The van der Waals surface area contributed by atoms with E-state index in [1.165, 1.54) is 0 Å². The summed E-state index contributed by atoms with van der Waals surface area (Å²) in [5.74, 6) is 0.108. The Labute approximate surface area is 81.1 Å². The molecule has 0 aliphatic carbocycles. The third-order valence-electron chi connectivity index (χ3n) is 1.35. The van der Waals surface area contributed by atoms with Gasteiger partial charge in [0.05, 0.1) is 0 Å². The minimum Gasteiger partial charge on any atom is -0.297 e. The predicted molar refractivity (Wildman–Crippen MR) is 40.0 cm³/mol. The smallest absolute Gasteiger partial charge is 0.135 e. The second-order valence-corrected chi connectivity index (χ2v) is 2.32. The monoisotopic (exact) mass is 317 g/mol. The van der Waals surface area contributed by atoms with Crippen LogP contribution in [0.15, 0.2) is 18.2 Å². The van der Waals surface area contributed by atoms with E-state index in [4.69, 9.17) is 0 Å². The first-order chi connectivity index (χ1) is 4.70. The van der Waals surface area contributed by atoms with E-state index >= 15 is 0 Å². The van der Waals surface area contributed by atoms with Gasteiger partial charge in [-0.3, -0.25) is 4.79 Å². The van der Waals surface area contributed by atoms with Crippen molar-refractivity contribution in [2.45, 2.75) is 13.8 Å². The van der Waals surface area contributed by atoms with Gasteiger partial charge in [-0.25, -0.2) is 0 Å². The van der Waals surface area contributed by atoms with Crippen molar-refractivity contribution < 1.29 is 25.9 Å². The minimum absolute atomic E-state index is 0. The van der Waals surface area contributed by atoms with Gasteiger partial charge in [-0.15, -0.1) is 0 Å². The van der Waals surface area contributed by atoms with Crippen molar-refractivity contribution in [1.29, 1.82) is 0 Å². The molecule has 1 aromatic rings. The van der Waals surface area contributed by atoms with Gasteiger partial charge < -0.3 is 0 Å². The molecule has 0 heterocycles. The Balaban J connectivity index is 0.000001000. The van der Waals surface area contributed by atoms with E-state index in [1.807, 2.05) is 13.0 Å². The van der Waals surface area contributed by atoms with E-state index in [0.29, 0.717) is 0 Å². The topological polar surface area (TPSA) is 17.1 Å². The summed E-state index contributed by atoms with van der Waals surface area (Å²) >= 11 is 0. The summed E-state index contributed by atoms with van der Waals surface area (Å²) in [6.07, 6.45) is 0. The van der Waals surface area contributed by atoms with Crippen molar-refractivity contribution in [3.63, 3.8) is 0 Å². The molecule has 0 atom stereocenters. The standard InChI is InChI=1S/C9H9O.W/c1-7-4-3-5-9(6-7)8(2)10;/h3,5-6H,1-2H3;/q-1;. The van der Waals surface area contributed by atoms with E-state index in [9.17, 15) is 4.79 Å². The van der Waals surface area contributed by atoms with Gasteiger partial charge in [0.25, 0.3) is 0 Å². The number of hydrogen-bond donors (Lipinski definition) is 0. The van der Waals surface area contributed by atoms with Gasteiger partial charge >= 0.3 is 0 Å². The third kappa shape index (κ3) is 2.98. The molecule has 0 fully saturated rings. The Bertz CT molecular complexity index is 255. The summed E-state index contributed by atoms with van der Waals surface area (Å²) in [6.45, 7) is 3.49. The van der Waals surface area contributed by atoms with Crippen LogP contribution in [0.1, 0.15) is 22.8 Å². The third-order valence-corrected chi connectivity index (χ3v) is 1.35. The van der Waals surface area contributed by atoms with Crippen molar-refractivity contribution in [3.05, 3.63) is 35.4 Å². The van der Waals surface area contributed by atoms with Crippen LogP contribution in [0.2, 0.25) is 0 Å². The van der Waals surface area contributed by atoms with Crippen LogP contribution in [0.5, 0.6) is 0 Å². The molecule has 0 aromatic heterocycles. The first kappa shape index (κ1) is 10.6. The fourth-order valence-corrected chi connectivity index (χ4v) is 0.805. The summed E-state index contributed by atoms with van der Waals surface area (Å²) < 4.78 is 0. The first-order valence-corrected chi connectivity index (χ1v) is 3.19. The molecule has 2 heteroatoms. The zero-order valence-electron chi connectivity index (χ0n) is 6.55. The molecule has 0 unspecified atom stereocenters. The molecule has 0 saturated carbocycles. The number of rotatable bonds is 1. The van der Waals surface area contributed by atoms with Crippen LogP contribution in [0.4, 0.5) is 0 Å². The summed E-state index contributed by atoms with van der Waals surface area (Å²) in [5.41, 5.74) is 1.77. The van der Waals surface area contributed by atoms with Crippen LogP contribution in [-0.4, -0.2) is 5.78 Å². The van der Waals surface area contributed by atoms with Crippen molar-refractivity contribution in [2.24, 2.45) is 0 Å². The van der Waals surface area contributed by atoms with Gasteiger partial charge in [0.15, 0.2) is 0 Å². The fraction of sp³-hybridized carbons (Fsp3) is 0.222. The molecule has 0 spiro atoms. The maximum atomic E-state index is 10.8. The van der Waals surface area contributed by atoms with Crippen LogP contribution in [0, 0.1) is 13.0 Å². The van der Waals surface area contributed by atoms with E-state index in [0.717, 1.165) is 11.1 Å². The number of Topliss-reactive ketones (excluding diaryl/α,β-unsaturated/α-hetero) is 1. The van der Waals surface area contributed by atoms with Crippen molar-refractivity contribution >= 4 is 5.78 Å². The largest absolute Gasteiger partial charge is 0.297 e. The Morgan fingerprint density at radius 3 is 2.55 bits per heavy atom. The number of aryl methyl sites for hydroxylation is 1. The van der Waals surface area contributed by atoms with E-state index in [-0.39, 0.29) is 26.8 Å². The minimum atomic E-state index is 0. The second-order valence-electron chi connectivity index (χ2n) is 2.32. The molecule has 1 aromatic carbocycles. The molecule has 1 nitrogen and oxygen atoms in total. The van der Waals surface area contributed by atoms with Crippen molar-refractivity contribution in [3.8, 4) is 0 Å². The van der Waals surface area contributed by atoms with Crippen LogP contribution < -0.4 is 0 Å². The van der Waals surface area contributed by atoms with Gasteiger partial charge in [-0.1, -0.05) is 12.5 Å². The average molecular weight is 317 g/mol. The van der Waals surface area contributed by atoms with Gasteiger partial charge in [0, 0.05) is 21.1 Å². The molecule has 0 aliphatic heterocycles. The molecule has 11 heavy (non-hydrogen) atoms. The zero-order chi connectivity index (χ0) is 7.56. The fourth-order valence-electron chi connectivity index (χ4n) is 0.805. The van der Waals surface area contributed by atoms with Crippen LogP contribution >= 0.6 is 0 Å². The quantitative estimate of drug-likeness (QED) is 0.572. The zero-order valence-corrected chi connectivity index (χ0v) is 9.48. The normalized spacial score (nSPS) is 8.55. The molecule has 0 amide bonds. The van der Waals surface area contributed by atoms with Crippen LogP contribution in [-0.2, 0) is 21.1 Å². The Morgan fingerprint density at radius 1 is 1.55 bits per heavy atom. The molecule has 0 bridgehead atoms. The predicted octanol–water partition coefficient (Wildman–Crippen LogP) is 2.00. The van der Waals surface area contributed by atoms with Crippen LogP contribution in [0.25, 0.3) is 0 Å². The molecule has 0 aliphatic rings. The number of carbonyl (C=O) groups is 1. The van der Waals surface area contributed by atoms with Gasteiger partial charge in [0.2, 0.25) is 0 Å². The molecule has 1 rings (SSSR count). The summed E-state index contributed by atoms with van der Waals surface area (Å²) in [5, 5.41) is 0.